The first-order valence-electron chi connectivity index (χ1n) is 8.77. The molecule has 152 valence electrons. The van der Waals surface area contributed by atoms with Crippen molar-refractivity contribution in [3.63, 3.8) is 0 Å². The Morgan fingerprint density at radius 1 is 1.21 bits per heavy atom. The number of hydrogen-bond acceptors (Lipinski definition) is 6. The van der Waals surface area contributed by atoms with Gasteiger partial charge in [0.2, 0.25) is 15.9 Å². The van der Waals surface area contributed by atoms with Gasteiger partial charge in [-0.05, 0) is 24.6 Å². The molecule has 0 radical (unpaired) electrons. The van der Waals surface area contributed by atoms with E-state index in [1.807, 2.05) is 0 Å². The Morgan fingerprint density at radius 2 is 1.93 bits per heavy atom. The number of carbonyl (C=O) groups excluding carboxylic acids is 3. The number of piperazine rings is 1. The van der Waals surface area contributed by atoms with Crippen molar-refractivity contribution in [1.82, 2.24) is 14.5 Å². The summed E-state index contributed by atoms with van der Waals surface area (Å²) in [5, 5.41) is 2.46. The van der Waals surface area contributed by atoms with Crippen LogP contribution in [0.4, 0.5) is 4.39 Å². The van der Waals surface area contributed by atoms with Crippen molar-refractivity contribution in [1.29, 1.82) is 0 Å². The molecule has 3 rings (SSSR count). The number of ether oxygens (including phenoxy) is 1. The lowest BCUT2D eigenvalue weighted by atomic mass is 10.2. The van der Waals surface area contributed by atoms with Crippen molar-refractivity contribution in [2.24, 2.45) is 0 Å². The van der Waals surface area contributed by atoms with Crippen molar-refractivity contribution < 1.29 is 31.9 Å². The number of hydrogen-bond donors (Lipinski definition) is 1. The zero-order valence-electron chi connectivity index (χ0n) is 15.0. The van der Waals surface area contributed by atoms with E-state index in [0.717, 1.165) is 12.1 Å². The van der Waals surface area contributed by atoms with E-state index in [0.29, 0.717) is 6.42 Å². The lowest BCUT2D eigenvalue weighted by Gasteiger charge is -2.33. The van der Waals surface area contributed by atoms with Gasteiger partial charge < -0.3 is 15.0 Å². The summed E-state index contributed by atoms with van der Waals surface area (Å²) < 4.78 is 44.6. The van der Waals surface area contributed by atoms with Gasteiger partial charge in [-0.2, -0.15) is 4.31 Å². The second kappa shape index (κ2) is 8.23. The van der Waals surface area contributed by atoms with E-state index in [1.165, 1.54) is 21.3 Å². The number of benzene rings is 1. The summed E-state index contributed by atoms with van der Waals surface area (Å²) >= 11 is 0. The van der Waals surface area contributed by atoms with Gasteiger partial charge in [-0.25, -0.2) is 17.6 Å². The molecule has 1 aromatic rings. The quantitative estimate of drug-likeness (QED) is 0.650. The molecule has 2 aliphatic heterocycles. The minimum atomic E-state index is -3.85. The fraction of sp³-hybridized carbons (Fsp3) is 0.471. The highest BCUT2D eigenvalue weighted by Crippen LogP contribution is 2.18. The van der Waals surface area contributed by atoms with Gasteiger partial charge in [-0.1, -0.05) is 6.07 Å². The maximum atomic E-state index is 13.3. The molecular formula is C17H20FN3O6S. The highest BCUT2D eigenvalue weighted by molar-refractivity contribution is 7.89. The minimum absolute atomic E-state index is 0.0528. The second-order valence-corrected chi connectivity index (χ2v) is 8.45. The van der Waals surface area contributed by atoms with E-state index in [4.69, 9.17) is 4.74 Å². The summed E-state index contributed by atoms with van der Waals surface area (Å²) in [6, 6.07) is 4.02. The molecule has 0 bridgehead atoms. The fourth-order valence-electron chi connectivity index (χ4n) is 3.07. The molecule has 0 saturated carbocycles. The average Bonchev–Trinajstić information content (AvgIpc) is 3.12. The largest absolute Gasteiger partial charge is 0.454 e. The van der Waals surface area contributed by atoms with Crippen molar-refractivity contribution in [3.8, 4) is 0 Å². The zero-order chi connectivity index (χ0) is 20.3. The predicted molar refractivity (Wildman–Crippen MR) is 93.9 cm³/mol. The molecule has 2 fully saturated rings. The van der Waals surface area contributed by atoms with Crippen molar-refractivity contribution >= 4 is 27.8 Å². The van der Waals surface area contributed by atoms with Crippen molar-refractivity contribution in [2.75, 3.05) is 32.8 Å². The fourth-order valence-corrected chi connectivity index (χ4v) is 4.52. The molecule has 0 aromatic heterocycles. The lowest BCUT2D eigenvalue weighted by Crippen LogP contribution is -2.51. The van der Waals surface area contributed by atoms with Crippen LogP contribution in [0.15, 0.2) is 29.2 Å². The zero-order valence-corrected chi connectivity index (χ0v) is 15.8. The summed E-state index contributed by atoms with van der Waals surface area (Å²) in [5.74, 6) is -1.98. The topological polar surface area (TPSA) is 113 Å². The SMILES string of the molecule is O=C1CC[C@H](C(=O)OCC(=O)N2CCN(S(=O)(=O)c3cccc(F)c3)CC2)N1. The highest BCUT2D eigenvalue weighted by atomic mass is 32.2. The van der Waals surface area contributed by atoms with Crippen LogP contribution in [-0.4, -0.2) is 74.2 Å². The maximum absolute atomic E-state index is 13.3. The van der Waals surface area contributed by atoms with Crippen LogP contribution in [0.5, 0.6) is 0 Å². The molecule has 1 aromatic carbocycles. The highest BCUT2D eigenvalue weighted by Gasteiger charge is 2.32. The molecular weight excluding hydrogens is 393 g/mol. The molecule has 1 N–H and O–H groups in total. The third-order valence-corrected chi connectivity index (χ3v) is 6.54. The Hall–Kier alpha value is -2.53. The van der Waals surface area contributed by atoms with Crippen LogP contribution in [-0.2, 0) is 29.1 Å². The van der Waals surface area contributed by atoms with Crippen LogP contribution >= 0.6 is 0 Å². The van der Waals surface area contributed by atoms with E-state index in [-0.39, 0.29) is 43.4 Å². The molecule has 0 unspecified atom stereocenters. The van der Waals surface area contributed by atoms with Crippen LogP contribution in [0, 0.1) is 5.82 Å². The van der Waals surface area contributed by atoms with Crippen LogP contribution in [0.3, 0.4) is 0 Å². The Balaban J connectivity index is 1.50. The molecule has 0 aliphatic carbocycles. The van der Waals surface area contributed by atoms with Crippen LogP contribution in [0.25, 0.3) is 0 Å². The third-order valence-electron chi connectivity index (χ3n) is 4.64. The Bertz CT molecular complexity index is 883. The van der Waals surface area contributed by atoms with Gasteiger partial charge in [0.25, 0.3) is 5.91 Å². The van der Waals surface area contributed by atoms with Gasteiger partial charge in [-0.15, -0.1) is 0 Å². The van der Waals surface area contributed by atoms with Gasteiger partial charge in [0.15, 0.2) is 6.61 Å². The number of halogens is 1. The van der Waals surface area contributed by atoms with Crippen molar-refractivity contribution in [3.05, 3.63) is 30.1 Å². The second-order valence-electron chi connectivity index (χ2n) is 6.51. The molecule has 9 nitrogen and oxygen atoms in total. The summed E-state index contributed by atoms with van der Waals surface area (Å²) in [6.45, 7) is -0.105. The summed E-state index contributed by atoms with van der Waals surface area (Å²) in [5.41, 5.74) is 0. The molecule has 2 amide bonds. The summed E-state index contributed by atoms with van der Waals surface area (Å²) in [6.07, 6.45) is 0.581. The molecule has 2 saturated heterocycles. The molecule has 2 aliphatic rings. The number of nitrogens with zero attached hydrogens (tertiary/aromatic N) is 2. The Labute approximate surface area is 161 Å². The number of amides is 2. The molecule has 2 heterocycles. The molecule has 28 heavy (non-hydrogen) atoms. The first-order chi connectivity index (χ1) is 13.3. The maximum Gasteiger partial charge on any atom is 0.329 e. The molecule has 0 spiro atoms. The van der Waals surface area contributed by atoms with Crippen LogP contribution in [0.1, 0.15) is 12.8 Å². The predicted octanol–water partition coefficient (Wildman–Crippen LogP) is -0.520. The molecule has 11 heteroatoms. The van der Waals surface area contributed by atoms with E-state index in [1.54, 1.807) is 0 Å². The molecule has 1 atom stereocenters. The number of esters is 1. The normalized spacial score (nSPS) is 20.7. The van der Waals surface area contributed by atoms with Gasteiger partial charge >= 0.3 is 5.97 Å². The first kappa shape index (κ1) is 20.2. The first-order valence-corrected chi connectivity index (χ1v) is 10.2. The number of sulfonamides is 1. The van der Waals surface area contributed by atoms with E-state index in [2.05, 4.69) is 5.32 Å². The summed E-state index contributed by atoms with van der Waals surface area (Å²) in [7, 11) is -3.85. The van der Waals surface area contributed by atoms with Crippen LogP contribution in [0.2, 0.25) is 0 Å². The minimum Gasteiger partial charge on any atom is -0.454 e. The van der Waals surface area contributed by atoms with Gasteiger partial charge in [0, 0.05) is 32.6 Å². The smallest absolute Gasteiger partial charge is 0.329 e. The van der Waals surface area contributed by atoms with Gasteiger partial charge in [0.05, 0.1) is 4.90 Å². The van der Waals surface area contributed by atoms with Crippen LogP contribution < -0.4 is 5.32 Å². The number of carbonyl (C=O) groups is 3. The Kier molecular flexibility index (Phi) is 5.94. The third kappa shape index (κ3) is 4.47. The number of rotatable bonds is 5. The van der Waals surface area contributed by atoms with E-state index >= 15 is 0 Å². The Morgan fingerprint density at radius 3 is 2.54 bits per heavy atom. The lowest BCUT2D eigenvalue weighted by molar-refractivity contribution is -0.154. The monoisotopic (exact) mass is 413 g/mol. The number of nitrogens with one attached hydrogen (secondary N) is 1. The van der Waals surface area contributed by atoms with Gasteiger partial charge in [0.1, 0.15) is 11.9 Å². The standard InChI is InChI=1S/C17H20FN3O6S/c18-12-2-1-3-13(10-12)28(25,26)21-8-6-20(7-9-21)16(23)11-27-17(24)14-4-5-15(22)19-14/h1-3,10,14H,4-9,11H2,(H,19,22)/t14-/m1/s1. The van der Waals surface area contributed by atoms with Gasteiger partial charge in [-0.3, -0.25) is 9.59 Å². The average molecular weight is 413 g/mol. The summed E-state index contributed by atoms with van der Waals surface area (Å²) in [4.78, 5) is 36.4. The van der Waals surface area contributed by atoms with E-state index in [9.17, 15) is 27.2 Å². The van der Waals surface area contributed by atoms with Crippen molar-refractivity contribution in [2.45, 2.75) is 23.8 Å². The van der Waals surface area contributed by atoms with E-state index < -0.39 is 40.4 Å².